The number of nitrogens with zero attached hydrogens (tertiary/aromatic N) is 2. The third kappa shape index (κ3) is 2.13. The van der Waals surface area contributed by atoms with Crippen LogP contribution in [0, 0.1) is 16.0 Å². The van der Waals surface area contributed by atoms with E-state index in [1.165, 1.54) is 12.1 Å². The number of carboxylic acid groups (broad SMARTS) is 1. The van der Waals surface area contributed by atoms with Crippen molar-refractivity contribution in [1.29, 1.82) is 0 Å². The maximum absolute atomic E-state index is 11.2. The van der Waals surface area contributed by atoms with Gasteiger partial charge in [-0.25, -0.2) is 4.79 Å². The van der Waals surface area contributed by atoms with Gasteiger partial charge in [-0.15, -0.1) is 0 Å². The van der Waals surface area contributed by atoms with Crippen molar-refractivity contribution in [2.24, 2.45) is 5.92 Å². The Balaban J connectivity index is 2.25. The summed E-state index contributed by atoms with van der Waals surface area (Å²) in [4.78, 5) is 23.1. The molecule has 1 aliphatic rings. The van der Waals surface area contributed by atoms with Crippen LogP contribution in [0.1, 0.15) is 13.3 Å². The van der Waals surface area contributed by atoms with Crippen molar-refractivity contribution >= 4 is 17.3 Å². The topological polar surface area (TPSA) is 83.7 Å². The summed E-state index contributed by atoms with van der Waals surface area (Å²) in [7, 11) is 0. The molecule has 1 aliphatic heterocycles. The van der Waals surface area contributed by atoms with E-state index in [2.05, 4.69) is 0 Å². The lowest BCUT2D eigenvalue weighted by Crippen LogP contribution is -2.38. The Labute approximate surface area is 104 Å². The lowest BCUT2D eigenvalue weighted by Gasteiger charge is -2.25. The zero-order valence-electron chi connectivity index (χ0n) is 9.94. The van der Waals surface area contributed by atoms with Gasteiger partial charge in [-0.1, -0.05) is 6.92 Å². The first-order valence-corrected chi connectivity index (χ1v) is 5.74. The number of nitro groups is 1. The van der Waals surface area contributed by atoms with E-state index < -0.39 is 16.9 Å². The maximum atomic E-state index is 11.2. The highest BCUT2D eigenvalue weighted by Crippen LogP contribution is 2.30. The number of aliphatic carboxylic acids is 1. The molecule has 2 rings (SSSR count). The number of anilines is 1. The second kappa shape index (κ2) is 4.64. The van der Waals surface area contributed by atoms with E-state index in [1.807, 2.05) is 6.92 Å². The fourth-order valence-corrected chi connectivity index (χ4v) is 2.38. The van der Waals surface area contributed by atoms with Gasteiger partial charge in [-0.2, -0.15) is 0 Å². The summed E-state index contributed by atoms with van der Waals surface area (Å²) >= 11 is 0. The summed E-state index contributed by atoms with van der Waals surface area (Å²) in [5.41, 5.74) is 0.732. The lowest BCUT2D eigenvalue weighted by molar-refractivity contribution is -0.384. The zero-order valence-corrected chi connectivity index (χ0v) is 9.94. The molecule has 6 nitrogen and oxygen atoms in total. The smallest absolute Gasteiger partial charge is 0.326 e. The SMILES string of the molecule is CC1CCN(c2ccc([N+](=O)[O-])cc2)C1C(=O)O. The molecule has 1 aromatic rings. The van der Waals surface area contributed by atoms with Crippen LogP contribution < -0.4 is 4.90 Å². The van der Waals surface area contributed by atoms with Crippen LogP contribution in [0.4, 0.5) is 11.4 Å². The molecule has 1 N–H and O–H groups in total. The van der Waals surface area contributed by atoms with E-state index in [-0.39, 0.29) is 11.6 Å². The van der Waals surface area contributed by atoms with E-state index in [0.717, 1.165) is 12.1 Å². The number of rotatable bonds is 3. The molecule has 6 heteroatoms. The molecule has 1 saturated heterocycles. The summed E-state index contributed by atoms with van der Waals surface area (Å²) in [6.45, 7) is 2.57. The van der Waals surface area contributed by atoms with Gasteiger partial charge in [-0.3, -0.25) is 10.1 Å². The Morgan fingerprint density at radius 1 is 1.44 bits per heavy atom. The molecule has 0 saturated carbocycles. The minimum absolute atomic E-state index is 0.0119. The Morgan fingerprint density at radius 3 is 2.56 bits per heavy atom. The van der Waals surface area contributed by atoms with Gasteiger partial charge < -0.3 is 10.0 Å². The highest BCUT2D eigenvalue weighted by Gasteiger charge is 2.36. The molecule has 1 aromatic carbocycles. The minimum Gasteiger partial charge on any atom is -0.480 e. The largest absolute Gasteiger partial charge is 0.480 e. The molecule has 96 valence electrons. The van der Waals surface area contributed by atoms with Crippen molar-refractivity contribution in [2.75, 3.05) is 11.4 Å². The average Bonchev–Trinajstić information content (AvgIpc) is 2.71. The summed E-state index contributed by atoms with van der Waals surface area (Å²) < 4.78 is 0. The molecule has 0 spiro atoms. The van der Waals surface area contributed by atoms with Crippen LogP contribution >= 0.6 is 0 Å². The van der Waals surface area contributed by atoms with E-state index in [9.17, 15) is 20.0 Å². The predicted molar refractivity (Wildman–Crippen MR) is 65.6 cm³/mol. The number of hydrogen-bond donors (Lipinski definition) is 1. The summed E-state index contributed by atoms with van der Waals surface area (Å²) in [6, 6.07) is 5.46. The first kappa shape index (κ1) is 12.3. The van der Waals surface area contributed by atoms with Crippen LogP contribution in [0.5, 0.6) is 0 Å². The Morgan fingerprint density at radius 2 is 2.06 bits per heavy atom. The van der Waals surface area contributed by atoms with Crippen molar-refractivity contribution in [3.8, 4) is 0 Å². The molecule has 0 radical (unpaired) electrons. The number of non-ortho nitro benzene ring substituents is 1. The van der Waals surface area contributed by atoms with Crippen LogP contribution in [-0.2, 0) is 4.79 Å². The van der Waals surface area contributed by atoms with Crippen LogP contribution in [0.15, 0.2) is 24.3 Å². The number of benzene rings is 1. The highest BCUT2D eigenvalue weighted by molar-refractivity contribution is 5.79. The van der Waals surface area contributed by atoms with Crippen molar-refractivity contribution in [3.05, 3.63) is 34.4 Å². The number of carboxylic acids is 1. The van der Waals surface area contributed by atoms with Crippen LogP contribution in [0.2, 0.25) is 0 Å². The van der Waals surface area contributed by atoms with E-state index in [0.29, 0.717) is 6.54 Å². The van der Waals surface area contributed by atoms with Crippen LogP contribution in [0.3, 0.4) is 0 Å². The molecule has 2 unspecified atom stereocenters. The van der Waals surface area contributed by atoms with Crippen molar-refractivity contribution in [1.82, 2.24) is 0 Å². The normalized spacial score (nSPS) is 23.1. The third-order valence-corrected chi connectivity index (χ3v) is 3.35. The summed E-state index contributed by atoms with van der Waals surface area (Å²) in [5.74, 6) is -0.768. The molecule has 0 aromatic heterocycles. The maximum Gasteiger partial charge on any atom is 0.326 e. The Kier molecular flexibility index (Phi) is 3.18. The summed E-state index contributed by atoms with van der Waals surface area (Å²) in [6.07, 6.45) is 0.813. The van der Waals surface area contributed by atoms with Gasteiger partial charge in [0.15, 0.2) is 0 Å². The molecule has 0 bridgehead atoms. The van der Waals surface area contributed by atoms with Crippen LogP contribution in [0.25, 0.3) is 0 Å². The van der Waals surface area contributed by atoms with Gasteiger partial charge in [-0.05, 0) is 24.5 Å². The highest BCUT2D eigenvalue weighted by atomic mass is 16.6. The molecule has 1 heterocycles. The Bertz CT molecular complexity index is 471. The van der Waals surface area contributed by atoms with Gasteiger partial charge >= 0.3 is 5.97 Å². The minimum atomic E-state index is -0.849. The second-order valence-corrected chi connectivity index (χ2v) is 4.52. The molecular weight excluding hydrogens is 236 g/mol. The van der Waals surface area contributed by atoms with Crippen molar-refractivity contribution in [3.63, 3.8) is 0 Å². The van der Waals surface area contributed by atoms with E-state index >= 15 is 0 Å². The molecule has 1 fully saturated rings. The van der Waals surface area contributed by atoms with Crippen molar-refractivity contribution in [2.45, 2.75) is 19.4 Å². The first-order valence-electron chi connectivity index (χ1n) is 5.74. The van der Waals surface area contributed by atoms with E-state index in [1.54, 1.807) is 17.0 Å². The van der Waals surface area contributed by atoms with Crippen LogP contribution in [-0.4, -0.2) is 28.6 Å². The fourth-order valence-electron chi connectivity index (χ4n) is 2.38. The number of carbonyl (C=O) groups is 1. The van der Waals surface area contributed by atoms with Gasteiger partial charge in [0.05, 0.1) is 4.92 Å². The summed E-state index contributed by atoms with van der Waals surface area (Å²) in [5, 5.41) is 19.8. The lowest BCUT2D eigenvalue weighted by atomic mass is 10.0. The van der Waals surface area contributed by atoms with Crippen molar-refractivity contribution < 1.29 is 14.8 Å². The monoisotopic (exact) mass is 250 g/mol. The first-order chi connectivity index (χ1) is 8.50. The number of nitro benzene ring substituents is 1. The van der Waals surface area contributed by atoms with Gasteiger partial charge in [0.2, 0.25) is 0 Å². The molecule has 2 atom stereocenters. The van der Waals surface area contributed by atoms with Gasteiger partial charge in [0.25, 0.3) is 5.69 Å². The fraction of sp³-hybridized carbons (Fsp3) is 0.417. The van der Waals surface area contributed by atoms with Gasteiger partial charge in [0, 0.05) is 24.4 Å². The molecular formula is C12H14N2O4. The predicted octanol–water partition coefficient (Wildman–Crippen LogP) is 1.89. The standard InChI is InChI=1S/C12H14N2O4/c1-8-6-7-13(11(8)12(15)16)9-2-4-10(5-3-9)14(17)18/h2-5,8,11H,6-7H2,1H3,(H,15,16). The average molecular weight is 250 g/mol. The third-order valence-electron chi connectivity index (χ3n) is 3.35. The molecule has 0 aliphatic carbocycles. The molecule has 18 heavy (non-hydrogen) atoms. The zero-order chi connectivity index (χ0) is 13.3. The molecule has 0 amide bonds. The van der Waals surface area contributed by atoms with Gasteiger partial charge in [0.1, 0.15) is 6.04 Å². The quantitative estimate of drug-likeness (QED) is 0.654. The van der Waals surface area contributed by atoms with E-state index in [4.69, 9.17) is 0 Å². The Hall–Kier alpha value is -2.11. The number of hydrogen-bond acceptors (Lipinski definition) is 4. The second-order valence-electron chi connectivity index (χ2n) is 4.52.